The fraction of sp³-hybridized carbons (Fsp3) is 0.763. The predicted octanol–water partition coefficient (Wildman–Crippen LogP) is 1.61. The van der Waals surface area contributed by atoms with Crippen molar-refractivity contribution in [2.45, 2.75) is 149 Å². The van der Waals surface area contributed by atoms with Crippen LogP contribution in [0.2, 0.25) is 0 Å². The second kappa shape index (κ2) is 27.2. The Morgan fingerprint density at radius 3 is 1.21 bits per heavy atom. The van der Waals surface area contributed by atoms with Crippen molar-refractivity contribution in [3.8, 4) is 0 Å². The Bertz CT molecular complexity index is 1400. The van der Waals surface area contributed by atoms with Crippen LogP contribution in [0.4, 0.5) is 0 Å². The molecule has 0 radical (unpaired) electrons. The first-order chi connectivity index (χ1) is 26.2. The first kappa shape index (κ1) is 55.6. The van der Waals surface area contributed by atoms with Gasteiger partial charge >= 0.3 is 23.9 Å². The van der Waals surface area contributed by atoms with Gasteiger partial charge in [-0.15, -0.1) is 12.4 Å². The quantitative estimate of drug-likeness (QED) is 0.185. The summed E-state index contributed by atoms with van der Waals surface area (Å²) in [6.07, 6.45) is 6.86. The van der Waals surface area contributed by atoms with E-state index in [0.29, 0.717) is 38.9 Å². The van der Waals surface area contributed by atoms with Crippen molar-refractivity contribution in [1.29, 1.82) is 0 Å². The lowest BCUT2D eigenvalue weighted by atomic mass is 10.1. The smallest absolute Gasteiger partial charge is 0.328 e. The molecule has 3 saturated heterocycles. The van der Waals surface area contributed by atoms with Crippen LogP contribution in [0.3, 0.4) is 0 Å². The molecule has 6 N–H and O–H groups in total. The third-order valence-electron chi connectivity index (χ3n) is 7.92. The van der Waals surface area contributed by atoms with Gasteiger partial charge in [0.15, 0.2) is 0 Å². The van der Waals surface area contributed by atoms with Gasteiger partial charge < -0.3 is 50.8 Å². The number of carbonyl (C=O) groups is 9. The third-order valence-corrected chi connectivity index (χ3v) is 7.92. The summed E-state index contributed by atoms with van der Waals surface area (Å²) in [5, 5.41) is 21.9. The number of piperidine rings is 3. The Morgan fingerprint density at radius 2 is 0.931 bits per heavy atom. The molecular weight excluding hydrogens is 784 g/mol. The maximum Gasteiger partial charge on any atom is 0.328 e. The fourth-order valence-corrected chi connectivity index (χ4v) is 5.08. The van der Waals surface area contributed by atoms with E-state index in [2.05, 4.69) is 10.6 Å². The molecule has 3 fully saturated rings. The highest BCUT2D eigenvalue weighted by atomic mass is 35.5. The number of rotatable bonds is 11. The lowest BCUT2D eigenvalue weighted by Crippen LogP contribution is -2.48. The molecule has 334 valence electrons. The average molecular weight is 851 g/mol. The van der Waals surface area contributed by atoms with Crippen LogP contribution < -0.4 is 16.4 Å². The number of carboxylic acid groups (broad SMARTS) is 2. The topological polar surface area (TPSA) is 272 Å². The van der Waals surface area contributed by atoms with E-state index in [9.17, 15) is 43.2 Å². The van der Waals surface area contributed by atoms with Crippen molar-refractivity contribution < 1.29 is 62.8 Å². The van der Waals surface area contributed by atoms with Crippen molar-refractivity contribution >= 4 is 65.8 Å². The number of hydrogen-bond donors (Lipinski definition) is 5. The molecule has 0 aliphatic carbocycles. The molecule has 0 bridgehead atoms. The largest absolute Gasteiger partial charge is 0.480 e. The Hall–Kier alpha value is -4.52. The number of carboxylic acids is 2. The average Bonchev–Trinajstić information content (AvgIpc) is 3.07. The summed E-state index contributed by atoms with van der Waals surface area (Å²) in [6, 6.07) is -2.17. The van der Waals surface area contributed by atoms with Crippen LogP contribution in [0, 0.1) is 0 Å². The van der Waals surface area contributed by atoms with Gasteiger partial charge in [0.25, 0.3) is 0 Å². The Balaban J connectivity index is 0. The van der Waals surface area contributed by atoms with Crippen molar-refractivity contribution in [2.24, 2.45) is 5.73 Å². The number of halogens is 1. The van der Waals surface area contributed by atoms with Gasteiger partial charge in [-0.2, -0.15) is 0 Å². The minimum absolute atomic E-state index is 0. The highest BCUT2D eigenvalue weighted by Crippen LogP contribution is 2.12. The molecule has 0 saturated carbocycles. The van der Waals surface area contributed by atoms with Crippen LogP contribution in [0.5, 0.6) is 0 Å². The number of amides is 5. The zero-order valence-electron chi connectivity index (χ0n) is 35.6. The van der Waals surface area contributed by atoms with Crippen LogP contribution in [-0.2, 0) is 52.6 Å². The monoisotopic (exact) mass is 850 g/mol. The van der Waals surface area contributed by atoms with Gasteiger partial charge in [-0.05, 0) is 101 Å². The standard InChI is InChI=1S/C14H24N2O4.C10H16N2O4.C7H11NO3.C7H15NO2.ClH/c1-10(13(19)20-14(2,3)4)15-11(17)9-16-8-6-5-7-12(16)18;1-7(10(15)16)11-8(13)6-12-5-3-2-4-9(12)14;9-6-3-1-2-4-8(6)5-7(10)11;1-5(8)6(9)10-7(2,3)4;/h10H,5-9H2,1-4H3,(H,15,17);7H,2-6H2,1H3,(H,11,13)(H,15,16);1-5H2,(H,10,11);5H,8H2,1-4H3;1H/t10-;7-;;5-;/m11.1./s1. The summed E-state index contributed by atoms with van der Waals surface area (Å²) in [7, 11) is 0. The van der Waals surface area contributed by atoms with Crippen molar-refractivity contribution in [1.82, 2.24) is 25.3 Å². The first-order valence-corrected chi connectivity index (χ1v) is 19.3. The molecule has 20 heteroatoms. The molecule has 3 rings (SSSR count). The second-order valence-corrected chi connectivity index (χ2v) is 16.0. The summed E-state index contributed by atoms with van der Waals surface area (Å²) < 4.78 is 10.1. The maximum atomic E-state index is 11.8. The number of nitrogens with two attached hydrogens (primary N) is 1. The molecule has 3 aliphatic rings. The molecule has 0 aromatic carbocycles. The van der Waals surface area contributed by atoms with E-state index >= 15 is 0 Å². The van der Waals surface area contributed by atoms with E-state index < -0.39 is 53.1 Å². The number of nitrogens with one attached hydrogen (secondary N) is 2. The zero-order valence-corrected chi connectivity index (χ0v) is 36.4. The van der Waals surface area contributed by atoms with E-state index in [1.165, 1.54) is 21.6 Å². The molecule has 3 aliphatic heterocycles. The van der Waals surface area contributed by atoms with E-state index in [1.807, 2.05) is 20.8 Å². The Kier molecular flexibility index (Phi) is 26.1. The Morgan fingerprint density at radius 1 is 0.603 bits per heavy atom. The molecule has 0 unspecified atom stereocenters. The van der Waals surface area contributed by atoms with Gasteiger partial charge in [-0.3, -0.25) is 38.4 Å². The van der Waals surface area contributed by atoms with Gasteiger partial charge in [0, 0.05) is 38.9 Å². The number of nitrogens with zero attached hydrogens (tertiary/aromatic N) is 3. The summed E-state index contributed by atoms with van der Waals surface area (Å²) in [6.45, 7) is 16.9. The lowest BCUT2D eigenvalue weighted by Gasteiger charge is -2.27. The number of carbonyl (C=O) groups excluding carboxylic acids is 7. The fourth-order valence-electron chi connectivity index (χ4n) is 5.08. The number of aliphatic carboxylic acids is 2. The molecular formula is C38H67ClN6O13. The SMILES string of the molecule is C[C@@H](N)C(=O)OC(C)(C)C.C[C@@H](NC(=O)CN1CCCCC1=O)C(=O)O.C[C@@H](NC(=O)CN1CCCCC1=O)C(=O)OC(C)(C)C.Cl.O=C(O)CN1CCCCC1=O. The predicted molar refractivity (Wildman–Crippen MR) is 214 cm³/mol. The molecule has 19 nitrogen and oxygen atoms in total. The lowest BCUT2D eigenvalue weighted by molar-refractivity contribution is -0.158. The van der Waals surface area contributed by atoms with Crippen LogP contribution in [0.25, 0.3) is 0 Å². The van der Waals surface area contributed by atoms with E-state index in [-0.39, 0.29) is 61.6 Å². The summed E-state index contributed by atoms with van der Waals surface area (Å²) in [5.74, 6) is -3.68. The van der Waals surface area contributed by atoms with E-state index in [0.717, 1.165) is 38.5 Å². The highest BCUT2D eigenvalue weighted by Gasteiger charge is 2.26. The van der Waals surface area contributed by atoms with Crippen LogP contribution >= 0.6 is 12.4 Å². The summed E-state index contributed by atoms with van der Waals surface area (Å²) in [5.41, 5.74) is 4.26. The second-order valence-electron chi connectivity index (χ2n) is 16.0. The van der Waals surface area contributed by atoms with Gasteiger partial charge in [-0.1, -0.05) is 0 Å². The zero-order chi connectivity index (χ0) is 44.1. The summed E-state index contributed by atoms with van der Waals surface area (Å²) >= 11 is 0. The molecule has 3 atom stereocenters. The molecule has 0 aromatic heterocycles. The Labute approximate surface area is 347 Å². The molecule has 0 aromatic rings. The highest BCUT2D eigenvalue weighted by molar-refractivity contribution is 5.89. The van der Waals surface area contributed by atoms with Crippen LogP contribution in [0.15, 0.2) is 0 Å². The van der Waals surface area contributed by atoms with Crippen LogP contribution in [0.1, 0.15) is 120 Å². The minimum Gasteiger partial charge on any atom is -0.480 e. The first-order valence-electron chi connectivity index (χ1n) is 19.3. The number of esters is 2. The molecule has 5 amide bonds. The normalized spacial score (nSPS) is 17.1. The number of ether oxygens (including phenoxy) is 2. The van der Waals surface area contributed by atoms with E-state index in [4.69, 9.17) is 25.4 Å². The van der Waals surface area contributed by atoms with Gasteiger partial charge in [0.1, 0.15) is 35.9 Å². The number of likely N-dealkylation sites (tertiary alicyclic amines) is 3. The third kappa shape index (κ3) is 26.4. The molecule has 58 heavy (non-hydrogen) atoms. The van der Waals surface area contributed by atoms with Crippen molar-refractivity contribution in [3.05, 3.63) is 0 Å². The minimum atomic E-state index is -1.08. The number of hydrogen-bond acceptors (Lipinski definition) is 12. The maximum absolute atomic E-state index is 11.8. The van der Waals surface area contributed by atoms with Crippen molar-refractivity contribution in [3.63, 3.8) is 0 Å². The van der Waals surface area contributed by atoms with Gasteiger partial charge in [0.2, 0.25) is 29.5 Å². The molecule has 3 heterocycles. The van der Waals surface area contributed by atoms with Gasteiger partial charge in [-0.25, -0.2) is 4.79 Å². The van der Waals surface area contributed by atoms with Crippen LogP contribution in [-0.4, -0.2) is 147 Å². The van der Waals surface area contributed by atoms with Crippen molar-refractivity contribution in [2.75, 3.05) is 39.3 Å². The van der Waals surface area contributed by atoms with Gasteiger partial charge in [0.05, 0.1) is 13.1 Å². The van der Waals surface area contributed by atoms with E-state index in [1.54, 1.807) is 34.6 Å². The summed E-state index contributed by atoms with van der Waals surface area (Å²) in [4.78, 5) is 105. The molecule has 0 spiro atoms.